The Bertz CT molecular complexity index is 330. The van der Waals surface area contributed by atoms with E-state index in [1.165, 1.54) is 25.4 Å². The molecule has 0 radical (unpaired) electrons. The summed E-state index contributed by atoms with van der Waals surface area (Å²) in [5.41, 5.74) is 0. The third-order valence-electron chi connectivity index (χ3n) is 1.75. The second kappa shape index (κ2) is 4.55. The van der Waals surface area contributed by atoms with E-state index >= 15 is 0 Å². The molecule has 0 aromatic carbocycles. The summed E-state index contributed by atoms with van der Waals surface area (Å²) in [5.74, 6) is -0.595. The first-order valence-electron chi connectivity index (χ1n) is 4.23. The van der Waals surface area contributed by atoms with E-state index in [-0.39, 0.29) is 11.7 Å². The van der Waals surface area contributed by atoms with Crippen LogP contribution in [0.25, 0.3) is 0 Å². The molecule has 0 fully saturated rings. The van der Waals surface area contributed by atoms with Gasteiger partial charge in [0.05, 0.1) is 0 Å². The minimum atomic E-state index is -0.510. The molecule has 1 unspecified atom stereocenters. The van der Waals surface area contributed by atoms with Crippen LogP contribution in [-0.4, -0.2) is 24.0 Å². The molecule has 1 amide bonds. The number of pyridine rings is 1. The molecule has 1 aromatic rings. The highest BCUT2D eigenvalue weighted by Crippen LogP contribution is 2.09. The fourth-order valence-corrected chi connectivity index (χ4v) is 0.979. The van der Waals surface area contributed by atoms with E-state index in [0.29, 0.717) is 0 Å². The van der Waals surface area contributed by atoms with Gasteiger partial charge in [-0.25, -0.2) is 9.37 Å². The summed E-state index contributed by atoms with van der Waals surface area (Å²) in [5, 5.41) is 5.12. The Morgan fingerprint density at radius 2 is 2.36 bits per heavy atom. The van der Waals surface area contributed by atoms with Gasteiger partial charge < -0.3 is 10.6 Å². The normalized spacial score (nSPS) is 11.9. The number of hydrogen-bond donors (Lipinski definition) is 2. The molecular weight excluding hydrogens is 185 g/mol. The van der Waals surface area contributed by atoms with E-state index in [1.54, 1.807) is 6.92 Å². The van der Waals surface area contributed by atoms with Crippen LogP contribution in [-0.2, 0) is 4.79 Å². The maximum atomic E-state index is 13.1. The second-order valence-corrected chi connectivity index (χ2v) is 2.81. The van der Waals surface area contributed by atoms with Gasteiger partial charge in [-0.2, -0.15) is 0 Å². The highest BCUT2D eigenvalue weighted by molar-refractivity contribution is 5.83. The standard InChI is InChI=1S/C9H12FN3O/c1-6(9(14)11-2)13-8-7(10)4-3-5-12-8/h3-6H,1-2H3,(H,11,14)(H,12,13). The predicted molar refractivity (Wildman–Crippen MR) is 51.3 cm³/mol. The number of aromatic nitrogens is 1. The Kier molecular flexibility index (Phi) is 3.39. The van der Waals surface area contributed by atoms with Gasteiger partial charge in [-0.3, -0.25) is 4.79 Å². The molecular formula is C9H12FN3O. The molecule has 0 spiro atoms. The number of nitrogens with one attached hydrogen (secondary N) is 2. The van der Waals surface area contributed by atoms with Crippen LogP contribution in [0.15, 0.2) is 18.3 Å². The Morgan fingerprint density at radius 3 is 2.93 bits per heavy atom. The van der Waals surface area contributed by atoms with Crippen molar-refractivity contribution >= 4 is 11.7 Å². The third kappa shape index (κ3) is 2.42. The lowest BCUT2D eigenvalue weighted by atomic mass is 10.3. The predicted octanol–water partition coefficient (Wildman–Crippen LogP) is 0.767. The summed E-state index contributed by atoms with van der Waals surface area (Å²) >= 11 is 0. The average Bonchev–Trinajstić information content (AvgIpc) is 2.20. The molecule has 14 heavy (non-hydrogen) atoms. The molecule has 0 aliphatic rings. The Hall–Kier alpha value is -1.65. The van der Waals surface area contributed by atoms with E-state index in [1.807, 2.05) is 0 Å². The van der Waals surface area contributed by atoms with Crippen molar-refractivity contribution in [3.63, 3.8) is 0 Å². The number of rotatable bonds is 3. The van der Waals surface area contributed by atoms with Crippen LogP contribution in [0.3, 0.4) is 0 Å². The zero-order valence-electron chi connectivity index (χ0n) is 8.04. The molecule has 76 valence electrons. The molecule has 0 saturated carbocycles. The number of halogens is 1. The third-order valence-corrected chi connectivity index (χ3v) is 1.75. The van der Waals surface area contributed by atoms with Gasteiger partial charge in [0.2, 0.25) is 5.91 Å². The largest absolute Gasteiger partial charge is 0.357 e. The summed E-state index contributed by atoms with van der Waals surface area (Å²) in [6, 6.07) is 2.26. The van der Waals surface area contributed by atoms with Gasteiger partial charge >= 0.3 is 0 Å². The van der Waals surface area contributed by atoms with Crippen LogP contribution in [0.5, 0.6) is 0 Å². The fourth-order valence-electron chi connectivity index (χ4n) is 0.979. The fraction of sp³-hybridized carbons (Fsp3) is 0.333. The van der Waals surface area contributed by atoms with Gasteiger partial charge in [-0.15, -0.1) is 0 Å². The lowest BCUT2D eigenvalue weighted by molar-refractivity contribution is -0.121. The van der Waals surface area contributed by atoms with Crippen molar-refractivity contribution in [1.29, 1.82) is 0 Å². The quantitative estimate of drug-likeness (QED) is 0.752. The number of hydrogen-bond acceptors (Lipinski definition) is 3. The zero-order chi connectivity index (χ0) is 10.6. The average molecular weight is 197 g/mol. The number of nitrogens with zero attached hydrogens (tertiary/aromatic N) is 1. The molecule has 5 heteroatoms. The van der Waals surface area contributed by atoms with Gasteiger partial charge in [-0.05, 0) is 19.1 Å². The molecule has 0 saturated heterocycles. The molecule has 2 N–H and O–H groups in total. The van der Waals surface area contributed by atoms with Crippen molar-refractivity contribution in [2.24, 2.45) is 0 Å². The minimum Gasteiger partial charge on any atom is -0.357 e. The Balaban J connectivity index is 2.69. The molecule has 1 aromatic heterocycles. The SMILES string of the molecule is CNC(=O)C(C)Nc1ncccc1F. The van der Waals surface area contributed by atoms with Crippen LogP contribution in [0, 0.1) is 5.82 Å². The number of anilines is 1. The molecule has 0 aliphatic heterocycles. The zero-order valence-corrected chi connectivity index (χ0v) is 8.04. The van der Waals surface area contributed by atoms with Crippen LogP contribution >= 0.6 is 0 Å². The summed E-state index contributed by atoms with van der Waals surface area (Å²) < 4.78 is 13.1. The van der Waals surface area contributed by atoms with Crippen LogP contribution in [0.1, 0.15) is 6.92 Å². The van der Waals surface area contributed by atoms with Crippen molar-refractivity contribution in [2.45, 2.75) is 13.0 Å². The highest BCUT2D eigenvalue weighted by atomic mass is 19.1. The maximum absolute atomic E-state index is 13.1. The van der Waals surface area contributed by atoms with Gasteiger partial charge in [0, 0.05) is 13.2 Å². The van der Waals surface area contributed by atoms with E-state index in [0.717, 1.165) is 0 Å². The Labute approximate surface area is 81.5 Å². The first kappa shape index (κ1) is 10.4. The van der Waals surface area contributed by atoms with E-state index in [4.69, 9.17) is 0 Å². The lowest BCUT2D eigenvalue weighted by Gasteiger charge is -2.12. The van der Waals surface area contributed by atoms with Crippen LogP contribution in [0.4, 0.5) is 10.2 Å². The summed E-state index contributed by atoms with van der Waals surface area (Å²) in [6.07, 6.45) is 1.46. The van der Waals surface area contributed by atoms with Crippen LogP contribution < -0.4 is 10.6 Å². The van der Waals surface area contributed by atoms with Crippen molar-refractivity contribution in [2.75, 3.05) is 12.4 Å². The second-order valence-electron chi connectivity index (χ2n) is 2.81. The maximum Gasteiger partial charge on any atom is 0.241 e. The van der Waals surface area contributed by atoms with Gasteiger partial charge in [0.25, 0.3) is 0 Å². The monoisotopic (exact) mass is 197 g/mol. The van der Waals surface area contributed by atoms with E-state index < -0.39 is 11.9 Å². The Morgan fingerprint density at radius 1 is 1.64 bits per heavy atom. The smallest absolute Gasteiger partial charge is 0.241 e. The number of carbonyl (C=O) groups is 1. The summed E-state index contributed by atoms with van der Waals surface area (Å²) in [7, 11) is 1.52. The highest BCUT2D eigenvalue weighted by Gasteiger charge is 2.12. The first-order valence-corrected chi connectivity index (χ1v) is 4.23. The molecule has 0 bridgehead atoms. The summed E-state index contributed by atoms with van der Waals surface area (Å²) in [4.78, 5) is 14.9. The molecule has 1 heterocycles. The van der Waals surface area contributed by atoms with E-state index in [9.17, 15) is 9.18 Å². The molecule has 0 aliphatic carbocycles. The van der Waals surface area contributed by atoms with Gasteiger partial charge in [0.15, 0.2) is 11.6 Å². The molecule has 4 nitrogen and oxygen atoms in total. The lowest BCUT2D eigenvalue weighted by Crippen LogP contribution is -2.35. The topological polar surface area (TPSA) is 54.0 Å². The van der Waals surface area contributed by atoms with Crippen molar-refractivity contribution in [3.8, 4) is 0 Å². The van der Waals surface area contributed by atoms with E-state index in [2.05, 4.69) is 15.6 Å². The summed E-state index contributed by atoms with van der Waals surface area (Å²) in [6.45, 7) is 1.63. The first-order chi connectivity index (χ1) is 6.65. The molecule has 1 rings (SSSR count). The van der Waals surface area contributed by atoms with Crippen LogP contribution in [0.2, 0.25) is 0 Å². The minimum absolute atomic E-state index is 0.0867. The van der Waals surface area contributed by atoms with Crippen molar-refractivity contribution in [3.05, 3.63) is 24.1 Å². The van der Waals surface area contributed by atoms with Crippen molar-refractivity contribution < 1.29 is 9.18 Å². The van der Waals surface area contributed by atoms with Gasteiger partial charge in [-0.1, -0.05) is 0 Å². The number of carbonyl (C=O) groups excluding carboxylic acids is 1. The van der Waals surface area contributed by atoms with Gasteiger partial charge in [0.1, 0.15) is 6.04 Å². The molecule has 1 atom stereocenters. The number of amides is 1. The number of likely N-dealkylation sites (N-methyl/N-ethyl adjacent to an activating group) is 1. The van der Waals surface area contributed by atoms with Crippen molar-refractivity contribution in [1.82, 2.24) is 10.3 Å².